The van der Waals surface area contributed by atoms with E-state index in [1.54, 1.807) is 11.8 Å². The van der Waals surface area contributed by atoms with Gasteiger partial charge in [-0.25, -0.2) is 0 Å². The molecule has 1 unspecified atom stereocenters. The molecular formula is C18H20O2S. The van der Waals surface area contributed by atoms with Crippen molar-refractivity contribution >= 4 is 17.7 Å². The predicted molar refractivity (Wildman–Crippen MR) is 89.2 cm³/mol. The molecule has 2 aromatic rings. The van der Waals surface area contributed by atoms with Crippen LogP contribution in [0, 0.1) is 5.92 Å². The summed E-state index contributed by atoms with van der Waals surface area (Å²) >= 11 is 1.76. The monoisotopic (exact) mass is 300 g/mol. The van der Waals surface area contributed by atoms with Gasteiger partial charge in [0.15, 0.2) is 0 Å². The van der Waals surface area contributed by atoms with Gasteiger partial charge in [0, 0.05) is 11.5 Å². The van der Waals surface area contributed by atoms with Crippen LogP contribution in [0.4, 0.5) is 0 Å². The van der Waals surface area contributed by atoms with Gasteiger partial charge >= 0.3 is 5.97 Å². The van der Waals surface area contributed by atoms with Crippen LogP contribution in [0.25, 0.3) is 11.1 Å². The molecule has 0 saturated heterocycles. The molecule has 2 nitrogen and oxygen atoms in total. The molecule has 2 rings (SSSR count). The van der Waals surface area contributed by atoms with E-state index in [-0.39, 0.29) is 11.9 Å². The number of esters is 1. The standard InChI is InChI=1S/C18H20O2S/c1-14(18(19)20-2)12-21-13-15-8-10-17(11-9-15)16-6-4-3-5-7-16/h3-11,14H,12-13H2,1-2H3. The average molecular weight is 300 g/mol. The van der Waals surface area contributed by atoms with Crippen molar-refractivity contribution in [1.29, 1.82) is 0 Å². The fraction of sp³-hybridized carbons (Fsp3) is 0.278. The quantitative estimate of drug-likeness (QED) is 0.740. The van der Waals surface area contributed by atoms with E-state index in [0.717, 1.165) is 11.5 Å². The van der Waals surface area contributed by atoms with Crippen molar-refractivity contribution in [3.05, 3.63) is 60.2 Å². The molecule has 0 radical (unpaired) electrons. The summed E-state index contributed by atoms with van der Waals surface area (Å²) < 4.78 is 4.73. The third kappa shape index (κ3) is 4.64. The van der Waals surface area contributed by atoms with Crippen LogP contribution in [0.2, 0.25) is 0 Å². The molecule has 0 aliphatic carbocycles. The van der Waals surface area contributed by atoms with Gasteiger partial charge in [0.25, 0.3) is 0 Å². The van der Waals surface area contributed by atoms with E-state index in [0.29, 0.717) is 0 Å². The SMILES string of the molecule is COC(=O)C(C)CSCc1ccc(-c2ccccc2)cc1. The lowest BCUT2D eigenvalue weighted by Gasteiger charge is -2.09. The van der Waals surface area contributed by atoms with E-state index in [1.807, 2.05) is 25.1 Å². The molecule has 21 heavy (non-hydrogen) atoms. The van der Waals surface area contributed by atoms with Crippen molar-refractivity contribution in [2.45, 2.75) is 12.7 Å². The number of benzene rings is 2. The normalized spacial score (nSPS) is 11.9. The highest BCUT2D eigenvalue weighted by molar-refractivity contribution is 7.98. The maximum absolute atomic E-state index is 11.3. The van der Waals surface area contributed by atoms with E-state index >= 15 is 0 Å². The van der Waals surface area contributed by atoms with Crippen LogP contribution in [-0.2, 0) is 15.3 Å². The topological polar surface area (TPSA) is 26.3 Å². The van der Waals surface area contributed by atoms with Crippen LogP contribution < -0.4 is 0 Å². The van der Waals surface area contributed by atoms with Crippen molar-refractivity contribution in [1.82, 2.24) is 0 Å². The van der Waals surface area contributed by atoms with Crippen LogP contribution in [-0.4, -0.2) is 18.8 Å². The number of carbonyl (C=O) groups is 1. The minimum Gasteiger partial charge on any atom is -0.469 e. The lowest BCUT2D eigenvalue weighted by atomic mass is 10.0. The van der Waals surface area contributed by atoms with Crippen LogP contribution >= 0.6 is 11.8 Å². The molecule has 0 N–H and O–H groups in total. The van der Waals surface area contributed by atoms with Crippen molar-refractivity contribution in [3.63, 3.8) is 0 Å². The number of hydrogen-bond acceptors (Lipinski definition) is 3. The zero-order chi connectivity index (χ0) is 15.1. The summed E-state index contributed by atoms with van der Waals surface area (Å²) in [5, 5.41) is 0. The molecule has 1 atom stereocenters. The Morgan fingerprint density at radius 2 is 1.67 bits per heavy atom. The lowest BCUT2D eigenvalue weighted by Crippen LogP contribution is -2.14. The highest BCUT2D eigenvalue weighted by Crippen LogP contribution is 2.22. The maximum atomic E-state index is 11.3. The average Bonchev–Trinajstić information content (AvgIpc) is 2.55. The molecular weight excluding hydrogens is 280 g/mol. The first-order valence-electron chi connectivity index (χ1n) is 7.00. The van der Waals surface area contributed by atoms with Crippen LogP contribution in [0.15, 0.2) is 54.6 Å². The van der Waals surface area contributed by atoms with E-state index in [1.165, 1.54) is 23.8 Å². The molecule has 0 spiro atoms. The number of ether oxygens (including phenoxy) is 1. The van der Waals surface area contributed by atoms with E-state index < -0.39 is 0 Å². The summed E-state index contributed by atoms with van der Waals surface area (Å²) in [6, 6.07) is 18.9. The van der Waals surface area contributed by atoms with Gasteiger partial charge in [0.1, 0.15) is 0 Å². The zero-order valence-electron chi connectivity index (χ0n) is 12.4. The predicted octanol–water partition coefficient (Wildman–Crippen LogP) is 4.40. The Bertz CT molecular complexity index is 564. The van der Waals surface area contributed by atoms with Gasteiger partial charge in [-0.05, 0) is 16.7 Å². The Hall–Kier alpha value is -1.74. The Morgan fingerprint density at radius 3 is 2.29 bits per heavy atom. The van der Waals surface area contributed by atoms with Crippen molar-refractivity contribution in [2.24, 2.45) is 5.92 Å². The second-order valence-corrected chi connectivity index (χ2v) is 6.03. The largest absolute Gasteiger partial charge is 0.469 e. The first-order valence-corrected chi connectivity index (χ1v) is 8.16. The molecule has 0 amide bonds. The third-order valence-corrected chi connectivity index (χ3v) is 4.57. The van der Waals surface area contributed by atoms with Gasteiger partial charge in [-0.15, -0.1) is 0 Å². The highest BCUT2D eigenvalue weighted by atomic mass is 32.2. The van der Waals surface area contributed by atoms with Gasteiger partial charge in [0.2, 0.25) is 0 Å². The molecule has 0 aliphatic rings. The molecule has 3 heteroatoms. The number of rotatable bonds is 6. The molecule has 2 aromatic carbocycles. The van der Waals surface area contributed by atoms with Gasteiger partial charge in [-0.3, -0.25) is 4.79 Å². The number of carbonyl (C=O) groups excluding carboxylic acids is 1. The second-order valence-electron chi connectivity index (χ2n) is 5.00. The molecule has 0 aromatic heterocycles. The van der Waals surface area contributed by atoms with Crippen LogP contribution in [0.1, 0.15) is 12.5 Å². The molecule has 0 aliphatic heterocycles. The molecule has 0 saturated carbocycles. The van der Waals surface area contributed by atoms with Gasteiger partial charge in [0.05, 0.1) is 13.0 Å². The summed E-state index contributed by atoms with van der Waals surface area (Å²) in [4.78, 5) is 11.3. The minimum absolute atomic E-state index is 0.0522. The highest BCUT2D eigenvalue weighted by Gasteiger charge is 2.12. The van der Waals surface area contributed by atoms with Crippen molar-refractivity contribution in [3.8, 4) is 11.1 Å². The Kier molecular flexibility index (Phi) is 5.88. The summed E-state index contributed by atoms with van der Waals surface area (Å²) in [6.45, 7) is 1.90. The zero-order valence-corrected chi connectivity index (χ0v) is 13.2. The summed E-state index contributed by atoms with van der Waals surface area (Å²) in [5.74, 6) is 1.51. The van der Waals surface area contributed by atoms with Gasteiger partial charge < -0.3 is 4.74 Å². The summed E-state index contributed by atoms with van der Waals surface area (Å²) in [6.07, 6.45) is 0. The Labute approximate surface area is 130 Å². The van der Waals surface area contributed by atoms with E-state index in [9.17, 15) is 4.79 Å². The smallest absolute Gasteiger partial charge is 0.309 e. The Balaban J connectivity index is 1.87. The fourth-order valence-corrected chi connectivity index (χ4v) is 3.08. The van der Waals surface area contributed by atoms with Crippen LogP contribution in [0.5, 0.6) is 0 Å². The second kappa shape index (κ2) is 7.89. The molecule has 110 valence electrons. The van der Waals surface area contributed by atoms with E-state index in [2.05, 4.69) is 36.4 Å². The molecule has 0 bridgehead atoms. The first-order chi connectivity index (χ1) is 10.2. The van der Waals surface area contributed by atoms with Crippen LogP contribution in [0.3, 0.4) is 0 Å². The first kappa shape index (κ1) is 15.6. The lowest BCUT2D eigenvalue weighted by molar-refractivity contribution is -0.143. The molecule has 0 fully saturated rings. The van der Waals surface area contributed by atoms with Crippen molar-refractivity contribution in [2.75, 3.05) is 12.9 Å². The maximum Gasteiger partial charge on any atom is 0.309 e. The van der Waals surface area contributed by atoms with Crippen molar-refractivity contribution < 1.29 is 9.53 Å². The summed E-state index contributed by atoms with van der Waals surface area (Å²) in [5.41, 5.74) is 3.74. The van der Waals surface area contributed by atoms with Gasteiger partial charge in [-0.1, -0.05) is 61.5 Å². The molecule has 0 heterocycles. The Morgan fingerprint density at radius 1 is 1.05 bits per heavy atom. The summed E-state index contributed by atoms with van der Waals surface area (Å²) in [7, 11) is 1.44. The third-order valence-electron chi connectivity index (χ3n) is 3.30. The fourth-order valence-electron chi connectivity index (χ4n) is 2.05. The number of hydrogen-bond donors (Lipinski definition) is 0. The number of thioether (sulfide) groups is 1. The number of methoxy groups -OCH3 is 1. The van der Waals surface area contributed by atoms with E-state index in [4.69, 9.17) is 4.74 Å². The minimum atomic E-state index is -0.137. The van der Waals surface area contributed by atoms with Gasteiger partial charge in [-0.2, -0.15) is 11.8 Å².